The second-order valence-corrected chi connectivity index (χ2v) is 7.22. The first-order chi connectivity index (χ1) is 12.0. The molecule has 1 N–H and O–H groups in total. The van der Waals surface area contributed by atoms with Gasteiger partial charge >= 0.3 is 0 Å². The topological polar surface area (TPSA) is 47.6 Å². The zero-order valence-electron chi connectivity index (χ0n) is 15.2. The maximum absolute atomic E-state index is 12.3. The van der Waals surface area contributed by atoms with Crippen LogP contribution in [0.2, 0.25) is 0 Å². The minimum atomic E-state index is -0.131. The van der Waals surface area contributed by atoms with E-state index in [4.69, 9.17) is 9.47 Å². The Morgan fingerprint density at radius 3 is 2.40 bits per heavy atom. The third kappa shape index (κ3) is 5.71. The maximum atomic E-state index is 12.3. The van der Waals surface area contributed by atoms with Crippen molar-refractivity contribution >= 4 is 17.7 Å². The second kappa shape index (κ2) is 9.37. The molecule has 4 nitrogen and oxygen atoms in total. The Balaban J connectivity index is 1.82. The van der Waals surface area contributed by atoms with Crippen LogP contribution in [0.25, 0.3) is 0 Å². The summed E-state index contributed by atoms with van der Waals surface area (Å²) in [4.78, 5) is 13.4. The van der Waals surface area contributed by atoms with Crippen LogP contribution in [-0.2, 0) is 11.2 Å². The molecule has 1 atom stereocenters. The number of methoxy groups -OCH3 is 2. The first-order valence-electron chi connectivity index (χ1n) is 8.25. The second-order valence-electron chi connectivity index (χ2n) is 5.80. The van der Waals surface area contributed by atoms with Crippen molar-refractivity contribution in [2.45, 2.75) is 30.4 Å². The van der Waals surface area contributed by atoms with Gasteiger partial charge in [-0.1, -0.05) is 23.8 Å². The molecular formula is C20H25NO3S. The minimum Gasteiger partial charge on any atom is -0.493 e. The van der Waals surface area contributed by atoms with E-state index in [1.807, 2.05) is 37.3 Å². The normalized spacial score (nSPS) is 11.7. The molecule has 0 aromatic heterocycles. The highest BCUT2D eigenvalue weighted by atomic mass is 32.2. The van der Waals surface area contributed by atoms with Crippen LogP contribution in [-0.4, -0.2) is 31.9 Å². The summed E-state index contributed by atoms with van der Waals surface area (Å²) in [5, 5.41) is 2.87. The van der Waals surface area contributed by atoms with Gasteiger partial charge in [-0.3, -0.25) is 4.79 Å². The first kappa shape index (κ1) is 19.2. The summed E-state index contributed by atoms with van der Waals surface area (Å²) >= 11 is 1.57. The summed E-state index contributed by atoms with van der Waals surface area (Å²) in [7, 11) is 3.23. The average molecular weight is 359 g/mol. The maximum Gasteiger partial charge on any atom is 0.233 e. The van der Waals surface area contributed by atoms with Crippen LogP contribution < -0.4 is 14.8 Å². The van der Waals surface area contributed by atoms with Crippen LogP contribution in [0.1, 0.15) is 18.1 Å². The Hall–Kier alpha value is -2.14. The SMILES string of the molecule is COc1ccc(CCNC(=O)[C@H](C)Sc2ccc(C)cc2)cc1OC. The number of ether oxygens (including phenoxy) is 2. The van der Waals surface area contributed by atoms with E-state index in [0.717, 1.165) is 16.9 Å². The summed E-state index contributed by atoms with van der Waals surface area (Å²) in [6.07, 6.45) is 0.744. The number of aryl methyl sites for hydroxylation is 1. The minimum absolute atomic E-state index is 0.0473. The molecule has 0 radical (unpaired) electrons. The molecule has 1 amide bonds. The highest BCUT2D eigenvalue weighted by molar-refractivity contribution is 8.00. The van der Waals surface area contributed by atoms with Crippen LogP contribution in [0.5, 0.6) is 11.5 Å². The van der Waals surface area contributed by atoms with Crippen molar-refractivity contribution in [2.24, 2.45) is 0 Å². The standard InChI is InChI=1S/C20H25NO3S/c1-14-5-8-17(9-6-14)25-15(2)20(22)21-12-11-16-7-10-18(23-3)19(13-16)24-4/h5-10,13,15H,11-12H2,1-4H3,(H,21,22)/t15-/m0/s1. The largest absolute Gasteiger partial charge is 0.493 e. The molecule has 5 heteroatoms. The van der Waals surface area contributed by atoms with Crippen LogP contribution in [0.3, 0.4) is 0 Å². The molecule has 2 aromatic rings. The number of amides is 1. The van der Waals surface area contributed by atoms with Crippen molar-refractivity contribution in [1.82, 2.24) is 5.32 Å². The van der Waals surface area contributed by atoms with Crippen molar-refractivity contribution < 1.29 is 14.3 Å². The van der Waals surface area contributed by atoms with E-state index in [0.29, 0.717) is 18.0 Å². The number of hydrogen-bond acceptors (Lipinski definition) is 4. The van der Waals surface area contributed by atoms with E-state index in [9.17, 15) is 4.79 Å². The van der Waals surface area contributed by atoms with Crippen LogP contribution in [0.15, 0.2) is 47.4 Å². The zero-order chi connectivity index (χ0) is 18.2. The fraction of sp³-hybridized carbons (Fsp3) is 0.350. The smallest absolute Gasteiger partial charge is 0.233 e. The molecular weight excluding hydrogens is 334 g/mol. The molecule has 0 unspecified atom stereocenters. The Kier molecular flexibility index (Phi) is 7.19. The van der Waals surface area contributed by atoms with Crippen LogP contribution in [0.4, 0.5) is 0 Å². The summed E-state index contributed by atoms with van der Waals surface area (Å²) in [5.41, 5.74) is 2.31. The van der Waals surface area contributed by atoms with E-state index in [-0.39, 0.29) is 11.2 Å². The molecule has 2 aromatic carbocycles. The molecule has 0 saturated carbocycles. The predicted molar refractivity (Wildman–Crippen MR) is 103 cm³/mol. The molecule has 134 valence electrons. The number of thioether (sulfide) groups is 1. The quantitative estimate of drug-likeness (QED) is 0.727. The predicted octanol–water partition coefficient (Wildman–Crippen LogP) is 3.85. The number of benzene rings is 2. The molecule has 0 saturated heterocycles. The molecule has 0 bridgehead atoms. The summed E-state index contributed by atoms with van der Waals surface area (Å²) in [6.45, 7) is 4.57. The Morgan fingerprint density at radius 2 is 1.76 bits per heavy atom. The number of rotatable bonds is 8. The van der Waals surface area contributed by atoms with E-state index in [1.165, 1.54) is 5.56 Å². The molecule has 0 aliphatic heterocycles. The fourth-order valence-electron chi connectivity index (χ4n) is 2.38. The molecule has 0 spiro atoms. The summed E-state index contributed by atoms with van der Waals surface area (Å²) < 4.78 is 10.5. The highest BCUT2D eigenvalue weighted by Crippen LogP contribution is 2.27. The lowest BCUT2D eigenvalue weighted by atomic mass is 10.1. The average Bonchev–Trinajstić information content (AvgIpc) is 2.63. The number of hydrogen-bond donors (Lipinski definition) is 1. The van der Waals surface area contributed by atoms with Crippen molar-refractivity contribution in [3.05, 3.63) is 53.6 Å². The van der Waals surface area contributed by atoms with Gasteiger partial charge in [-0.2, -0.15) is 0 Å². The van der Waals surface area contributed by atoms with Gasteiger partial charge in [-0.05, 0) is 50.1 Å². The van der Waals surface area contributed by atoms with Gasteiger partial charge in [0.25, 0.3) is 0 Å². The number of nitrogens with one attached hydrogen (secondary N) is 1. The van der Waals surface area contributed by atoms with Gasteiger partial charge in [-0.15, -0.1) is 11.8 Å². The van der Waals surface area contributed by atoms with Gasteiger partial charge < -0.3 is 14.8 Å². The summed E-state index contributed by atoms with van der Waals surface area (Å²) in [6, 6.07) is 14.0. The van der Waals surface area contributed by atoms with E-state index < -0.39 is 0 Å². The highest BCUT2D eigenvalue weighted by Gasteiger charge is 2.14. The van der Waals surface area contributed by atoms with Crippen molar-refractivity contribution in [3.63, 3.8) is 0 Å². The lowest BCUT2D eigenvalue weighted by Crippen LogP contribution is -2.32. The Labute approximate surface area is 153 Å². The van der Waals surface area contributed by atoms with E-state index in [1.54, 1.807) is 26.0 Å². The molecule has 0 fully saturated rings. The lowest BCUT2D eigenvalue weighted by molar-refractivity contribution is -0.120. The van der Waals surface area contributed by atoms with Gasteiger partial charge in [-0.25, -0.2) is 0 Å². The van der Waals surface area contributed by atoms with Gasteiger partial charge in [0.15, 0.2) is 11.5 Å². The van der Waals surface area contributed by atoms with E-state index in [2.05, 4.69) is 24.4 Å². The van der Waals surface area contributed by atoms with Crippen LogP contribution >= 0.6 is 11.8 Å². The van der Waals surface area contributed by atoms with Gasteiger partial charge in [0.05, 0.1) is 19.5 Å². The third-order valence-corrected chi connectivity index (χ3v) is 4.98. The molecule has 0 aliphatic carbocycles. The Bertz CT molecular complexity index is 701. The molecule has 25 heavy (non-hydrogen) atoms. The molecule has 0 heterocycles. The van der Waals surface area contributed by atoms with Gasteiger partial charge in [0, 0.05) is 11.4 Å². The monoisotopic (exact) mass is 359 g/mol. The van der Waals surface area contributed by atoms with Crippen molar-refractivity contribution in [3.8, 4) is 11.5 Å². The lowest BCUT2D eigenvalue weighted by Gasteiger charge is -2.13. The van der Waals surface area contributed by atoms with E-state index >= 15 is 0 Å². The molecule has 0 aliphatic rings. The molecule has 2 rings (SSSR count). The summed E-state index contributed by atoms with van der Waals surface area (Å²) in [5.74, 6) is 1.46. The Morgan fingerprint density at radius 1 is 1.08 bits per heavy atom. The van der Waals surface area contributed by atoms with Crippen molar-refractivity contribution in [2.75, 3.05) is 20.8 Å². The number of carbonyl (C=O) groups is 1. The third-order valence-electron chi connectivity index (χ3n) is 3.86. The first-order valence-corrected chi connectivity index (χ1v) is 9.13. The van der Waals surface area contributed by atoms with Gasteiger partial charge in [0.2, 0.25) is 5.91 Å². The van der Waals surface area contributed by atoms with Crippen LogP contribution in [0, 0.1) is 6.92 Å². The van der Waals surface area contributed by atoms with Crippen molar-refractivity contribution in [1.29, 1.82) is 0 Å². The van der Waals surface area contributed by atoms with Gasteiger partial charge in [0.1, 0.15) is 0 Å². The zero-order valence-corrected chi connectivity index (χ0v) is 16.0. The number of carbonyl (C=O) groups excluding carboxylic acids is 1. The fourth-order valence-corrected chi connectivity index (χ4v) is 3.28.